The van der Waals surface area contributed by atoms with Gasteiger partial charge in [0.1, 0.15) is 11.6 Å². The zero-order valence-electron chi connectivity index (χ0n) is 12.1. The quantitative estimate of drug-likeness (QED) is 0.884. The Labute approximate surface area is 136 Å². The molecule has 0 saturated carbocycles. The average molecular weight is 331 g/mol. The lowest BCUT2D eigenvalue weighted by Crippen LogP contribution is -2.20. The van der Waals surface area contributed by atoms with E-state index in [1.165, 1.54) is 35.6 Å². The standard InChI is InChI=1S/C16H14FN3O2S/c17-12-1-3-13(4-2-12)22-9-15(21)20-16-19-14(10-23-16)11-5-7-18-8-6-11/h1-7,10,18H,8-9H2,(H,19,20,21). The van der Waals surface area contributed by atoms with E-state index in [-0.39, 0.29) is 18.3 Å². The maximum Gasteiger partial charge on any atom is 0.264 e. The molecule has 118 valence electrons. The number of dihydropyridines is 1. The van der Waals surface area contributed by atoms with Crippen molar-refractivity contribution in [3.8, 4) is 5.75 Å². The van der Waals surface area contributed by atoms with Crippen LogP contribution in [-0.2, 0) is 4.79 Å². The van der Waals surface area contributed by atoms with E-state index in [4.69, 9.17) is 4.74 Å². The number of halogens is 1. The molecular weight excluding hydrogens is 317 g/mol. The second-order valence-corrected chi connectivity index (χ2v) is 5.59. The van der Waals surface area contributed by atoms with Crippen LogP contribution in [0.1, 0.15) is 5.69 Å². The SMILES string of the molecule is O=C(COc1ccc(F)cc1)Nc1nc(C2=CCNC=C2)cs1. The Morgan fingerprint density at radius 1 is 1.39 bits per heavy atom. The molecule has 1 aromatic carbocycles. The van der Waals surface area contributed by atoms with Gasteiger partial charge >= 0.3 is 0 Å². The Morgan fingerprint density at radius 3 is 2.96 bits per heavy atom. The van der Waals surface area contributed by atoms with E-state index in [1.807, 2.05) is 23.7 Å². The maximum atomic E-state index is 12.8. The Kier molecular flexibility index (Phi) is 4.68. The lowest BCUT2D eigenvalue weighted by molar-refractivity contribution is -0.118. The van der Waals surface area contributed by atoms with Crippen LogP contribution in [0.3, 0.4) is 0 Å². The molecule has 23 heavy (non-hydrogen) atoms. The first-order valence-corrected chi connectivity index (χ1v) is 7.83. The van der Waals surface area contributed by atoms with Crippen molar-refractivity contribution >= 4 is 27.9 Å². The van der Waals surface area contributed by atoms with Gasteiger partial charge in [-0.2, -0.15) is 0 Å². The monoisotopic (exact) mass is 331 g/mol. The molecule has 7 heteroatoms. The van der Waals surface area contributed by atoms with Crippen molar-refractivity contribution in [3.63, 3.8) is 0 Å². The summed E-state index contributed by atoms with van der Waals surface area (Å²) in [6.07, 6.45) is 5.82. The molecule has 2 aromatic rings. The first kappa shape index (κ1) is 15.2. The molecule has 0 unspecified atom stereocenters. The van der Waals surface area contributed by atoms with Crippen molar-refractivity contribution in [2.24, 2.45) is 0 Å². The van der Waals surface area contributed by atoms with E-state index >= 15 is 0 Å². The van der Waals surface area contributed by atoms with Gasteiger partial charge in [-0.1, -0.05) is 6.08 Å². The van der Waals surface area contributed by atoms with E-state index in [1.54, 1.807) is 0 Å². The predicted molar refractivity (Wildman–Crippen MR) is 87.8 cm³/mol. The second kappa shape index (κ2) is 7.06. The summed E-state index contributed by atoms with van der Waals surface area (Å²) in [6, 6.07) is 5.50. The van der Waals surface area contributed by atoms with Crippen molar-refractivity contribution in [1.82, 2.24) is 10.3 Å². The predicted octanol–water partition coefficient (Wildman–Crippen LogP) is 2.80. The van der Waals surface area contributed by atoms with E-state index in [9.17, 15) is 9.18 Å². The number of anilines is 1. The second-order valence-electron chi connectivity index (χ2n) is 4.73. The van der Waals surface area contributed by atoms with Crippen LogP contribution < -0.4 is 15.4 Å². The number of benzene rings is 1. The van der Waals surface area contributed by atoms with Crippen LogP contribution >= 0.6 is 11.3 Å². The van der Waals surface area contributed by atoms with Gasteiger partial charge in [0.15, 0.2) is 11.7 Å². The van der Waals surface area contributed by atoms with E-state index in [0.29, 0.717) is 10.9 Å². The number of allylic oxidation sites excluding steroid dienone is 2. The Hall–Kier alpha value is -2.67. The molecule has 0 spiro atoms. The van der Waals surface area contributed by atoms with Gasteiger partial charge in [-0.3, -0.25) is 10.1 Å². The summed E-state index contributed by atoms with van der Waals surface area (Å²) >= 11 is 1.35. The summed E-state index contributed by atoms with van der Waals surface area (Å²) in [6.45, 7) is 0.601. The topological polar surface area (TPSA) is 63.2 Å². The Morgan fingerprint density at radius 2 is 2.22 bits per heavy atom. The van der Waals surface area contributed by atoms with Crippen LogP contribution in [-0.4, -0.2) is 24.0 Å². The van der Waals surface area contributed by atoms with Crippen molar-refractivity contribution in [2.75, 3.05) is 18.5 Å². The first-order valence-electron chi connectivity index (χ1n) is 6.95. The normalized spacial score (nSPS) is 13.2. The fourth-order valence-corrected chi connectivity index (χ4v) is 2.68. The highest BCUT2D eigenvalue weighted by Gasteiger charge is 2.10. The number of hydrogen-bond donors (Lipinski definition) is 2. The molecule has 1 aliphatic heterocycles. The number of ether oxygens (including phenoxy) is 1. The van der Waals surface area contributed by atoms with Crippen LogP contribution in [0.15, 0.2) is 48.0 Å². The number of carbonyl (C=O) groups is 1. The van der Waals surface area contributed by atoms with Gasteiger partial charge in [0, 0.05) is 17.5 Å². The molecule has 2 heterocycles. The Bertz CT molecular complexity index is 753. The highest BCUT2D eigenvalue weighted by molar-refractivity contribution is 7.14. The van der Waals surface area contributed by atoms with Crippen LogP contribution in [0.25, 0.3) is 5.57 Å². The molecule has 0 radical (unpaired) electrons. The molecule has 0 atom stereocenters. The summed E-state index contributed by atoms with van der Waals surface area (Å²) in [4.78, 5) is 16.2. The van der Waals surface area contributed by atoms with Gasteiger partial charge in [-0.05, 0) is 36.5 Å². The average Bonchev–Trinajstić information content (AvgIpc) is 3.04. The van der Waals surface area contributed by atoms with E-state index in [2.05, 4.69) is 15.6 Å². The summed E-state index contributed by atoms with van der Waals surface area (Å²) in [7, 11) is 0. The third kappa shape index (κ3) is 4.17. The van der Waals surface area contributed by atoms with Gasteiger partial charge in [-0.15, -0.1) is 11.3 Å². The first-order chi connectivity index (χ1) is 11.2. The third-order valence-electron chi connectivity index (χ3n) is 3.05. The zero-order chi connectivity index (χ0) is 16.1. The summed E-state index contributed by atoms with van der Waals surface area (Å²) in [5, 5.41) is 8.15. The number of carbonyl (C=O) groups excluding carboxylic acids is 1. The van der Waals surface area contributed by atoms with E-state index < -0.39 is 0 Å². The summed E-state index contributed by atoms with van der Waals surface area (Å²) < 4.78 is 18.1. The smallest absolute Gasteiger partial charge is 0.264 e. The van der Waals surface area contributed by atoms with Gasteiger partial charge in [0.2, 0.25) is 0 Å². The van der Waals surface area contributed by atoms with Gasteiger partial charge in [0.25, 0.3) is 5.91 Å². The number of nitrogens with zero attached hydrogens (tertiary/aromatic N) is 1. The molecule has 5 nitrogen and oxygen atoms in total. The van der Waals surface area contributed by atoms with Crippen molar-refractivity contribution in [2.45, 2.75) is 0 Å². The van der Waals surface area contributed by atoms with Crippen LogP contribution in [0, 0.1) is 5.82 Å². The van der Waals surface area contributed by atoms with Gasteiger partial charge in [0.05, 0.1) is 5.69 Å². The lowest BCUT2D eigenvalue weighted by Gasteiger charge is -2.06. The van der Waals surface area contributed by atoms with Crippen LogP contribution in [0.2, 0.25) is 0 Å². The number of nitrogens with one attached hydrogen (secondary N) is 2. The minimum absolute atomic E-state index is 0.160. The van der Waals surface area contributed by atoms with Crippen molar-refractivity contribution in [1.29, 1.82) is 0 Å². The van der Waals surface area contributed by atoms with Crippen LogP contribution in [0.4, 0.5) is 9.52 Å². The molecule has 0 saturated heterocycles. The number of hydrogen-bond acceptors (Lipinski definition) is 5. The maximum absolute atomic E-state index is 12.8. The van der Waals surface area contributed by atoms with Crippen molar-refractivity contribution < 1.29 is 13.9 Å². The molecule has 1 amide bonds. The third-order valence-corrected chi connectivity index (χ3v) is 3.81. The highest BCUT2D eigenvalue weighted by atomic mass is 32.1. The molecular formula is C16H14FN3O2S. The van der Waals surface area contributed by atoms with Gasteiger partial charge < -0.3 is 10.1 Å². The Balaban J connectivity index is 1.54. The van der Waals surface area contributed by atoms with Crippen LogP contribution in [0.5, 0.6) is 5.75 Å². The molecule has 3 rings (SSSR count). The summed E-state index contributed by atoms with van der Waals surface area (Å²) in [5.74, 6) is -0.227. The number of rotatable bonds is 5. The number of thiazole rings is 1. The lowest BCUT2D eigenvalue weighted by atomic mass is 10.1. The molecule has 0 fully saturated rings. The largest absolute Gasteiger partial charge is 0.484 e. The number of amides is 1. The van der Waals surface area contributed by atoms with E-state index in [0.717, 1.165) is 17.8 Å². The van der Waals surface area contributed by atoms with Gasteiger partial charge in [-0.25, -0.2) is 9.37 Å². The van der Waals surface area contributed by atoms with Crippen molar-refractivity contribution in [3.05, 3.63) is 59.5 Å². The minimum Gasteiger partial charge on any atom is -0.484 e. The molecule has 0 bridgehead atoms. The molecule has 0 aliphatic carbocycles. The zero-order valence-corrected chi connectivity index (χ0v) is 12.9. The summed E-state index contributed by atoms with van der Waals surface area (Å²) in [5.41, 5.74) is 1.84. The number of aromatic nitrogens is 1. The minimum atomic E-state index is -0.349. The fourth-order valence-electron chi connectivity index (χ4n) is 1.94. The molecule has 1 aromatic heterocycles. The molecule has 1 aliphatic rings. The fraction of sp³-hybridized carbons (Fsp3) is 0.125. The highest BCUT2D eigenvalue weighted by Crippen LogP contribution is 2.23. The molecule has 2 N–H and O–H groups in total.